The largest absolute Gasteiger partial charge is 0.477 e. The van der Waals surface area contributed by atoms with Gasteiger partial charge in [0.1, 0.15) is 5.82 Å². The molecule has 0 bridgehead atoms. The van der Waals surface area contributed by atoms with Crippen molar-refractivity contribution in [2.45, 2.75) is 50.7 Å². The zero-order valence-electron chi connectivity index (χ0n) is 12.1. The minimum absolute atomic E-state index is 0.0868. The number of carboxylic acid groups (broad SMARTS) is 1. The van der Waals surface area contributed by atoms with E-state index < -0.39 is 5.97 Å². The topological polar surface area (TPSA) is 73.7 Å². The number of hydrogen-bond acceptors (Lipinski definition) is 4. The van der Waals surface area contributed by atoms with Crippen LogP contribution in [0.2, 0.25) is 0 Å². The maximum Gasteiger partial charge on any atom is 0.354 e. The Morgan fingerprint density at radius 3 is 2.76 bits per heavy atom. The molecule has 0 aromatic carbocycles. The van der Waals surface area contributed by atoms with Gasteiger partial charge >= 0.3 is 5.97 Å². The number of aliphatic hydroxyl groups is 1. The molecule has 1 saturated carbocycles. The number of pyridine rings is 1. The fourth-order valence-electron chi connectivity index (χ4n) is 3.81. The van der Waals surface area contributed by atoms with Gasteiger partial charge in [0.25, 0.3) is 0 Å². The number of hydrogen-bond donors (Lipinski definition) is 2. The molecule has 5 nitrogen and oxygen atoms in total. The predicted molar refractivity (Wildman–Crippen MR) is 79.5 cm³/mol. The third-order valence-electron chi connectivity index (χ3n) is 4.82. The van der Waals surface area contributed by atoms with E-state index >= 15 is 0 Å². The van der Waals surface area contributed by atoms with Crippen molar-refractivity contribution in [2.75, 3.05) is 11.4 Å². The van der Waals surface area contributed by atoms with E-state index in [1.54, 1.807) is 6.07 Å². The Hall–Kier alpha value is -1.62. The molecule has 3 rings (SSSR count). The minimum atomic E-state index is -0.994. The Labute approximate surface area is 124 Å². The van der Waals surface area contributed by atoms with Gasteiger partial charge in [-0.2, -0.15) is 0 Å². The van der Waals surface area contributed by atoms with Gasteiger partial charge in [0.15, 0.2) is 5.69 Å². The van der Waals surface area contributed by atoms with Gasteiger partial charge in [-0.25, -0.2) is 9.78 Å². The second-order valence-corrected chi connectivity index (χ2v) is 6.10. The molecule has 2 heterocycles. The van der Waals surface area contributed by atoms with E-state index in [2.05, 4.69) is 9.88 Å². The average molecular weight is 290 g/mol. The van der Waals surface area contributed by atoms with Crippen LogP contribution < -0.4 is 4.90 Å². The summed E-state index contributed by atoms with van der Waals surface area (Å²) in [5, 5.41) is 19.3. The van der Waals surface area contributed by atoms with E-state index in [-0.39, 0.29) is 17.8 Å². The Morgan fingerprint density at radius 1 is 1.19 bits per heavy atom. The van der Waals surface area contributed by atoms with Crippen molar-refractivity contribution in [3.63, 3.8) is 0 Å². The van der Waals surface area contributed by atoms with Gasteiger partial charge in [-0.1, -0.05) is 12.5 Å². The van der Waals surface area contributed by atoms with Gasteiger partial charge in [0, 0.05) is 18.5 Å². The van der Waals surface area contributed by atoms with Crippen molar-refractivity contribution < 1.29 is 15.0 Å². The first kappa shape index (κ1) is 14.3. The van der Waals surface area contributed by atoms with Crippen molar-refractivity contribution in [1.29, 1.82) is 0 Å². The quantitative estimate of drug-likeness (QED) is 0.893. The third-order valence-corrected chi connectivity index (χ3v) is 4.82. The summed E-state index contributed by atoms with van der Waals surface area (Å²) in [7, 11) is 0. The highest BCUT2D eigenvalue weighted by Gasteiger charge is 2.37. The summed E-state index contributed by atoms with van der Waals surface area (Å²) in [6, 6.07) is 5.44. The van der Waals surface area contributed by atoms with Crippen molar-refractivity contribution in [2.24, 2.45) is 5.92 Å². The fraction of sp³-hybridized carbons (Fsp3) is 0.625. The highest BCUT2D eigenvalue weighted by Crippen LogP contribution is 2.36. The summed E-state index contributed by atoms with van der Waals surface area (Å²) in [4.78, 5) is 17.6. The standard InChI is InChI=1S/C16H22N2O3/c19-14-8-3-5-11(14)13-7-1-2-10-18(13)15-9-4-6-12(17-15)16(20)21/h4,6,9,11,13-14,19H,1-3,5,7-8,10H2,(H,20,21). The van der Waals surface area contributed by atoms with Crippen LogP contribution >= 0.6 is 0 Å². The molecule has 2 aliphatic rings. The molecule has 0 amide bonds. The molecule has 2 fully saturated rings. The number of rotatable bonds is 3. The lowest BCUT2D eigenvalue weighted by Crippen LogP contribution is -2.47. The van der Waals surface area contributed by atoms with Gasteiger partial charge < -0.3 is 15.1 Å². The maximum atomic E-state index is 11.1. The number of piperidine rings is 1. The van der Waals surface area contributed by atoms with E-state index in [9.17, 15) is 9.90 Å². The van der Waals surface area contributed by atoms with E-state index in [1.807, 2.05) is 6.07 Å². The van der Waals surface area contributed by atoms with E-state index in [4.69, 9.17) is 5.11 Å². The Balaban J connectivity index is 1.87. The highest BCUT2D eigenvalue weighted by atomic mass is 16.4. The van der Waals surface area contributed by atoms with Crippen LogP contribution in [-0.2, 0) is 0 Å². The number of carbonyl (C=O) groups is 1. The molecule has 114 valence electrons. The fourth-order valence-corrected chi connectivity index (χ4v) is 3.81. The summed E-state index contributed by atoms with van der Waals surface area (Å²) in [6.07, 6.45) is 6.12. The first-order valence-corrected chi connectivity index (χ1v) is 7.82. The van der Waals surface area contributed by atoms with Crippen LogP contribution in [0.1, 0.15) is 49.0 Å². The monoisotopic (exact) mass is 290 g/mol. The molecule has 1 aromatic heterocycles. The van der Waals surface area contributed by atoms with Gasteiger partial charge in [0.05, 0.1) is 6.10 Å². The number of carboxylic acids is 1. The SMILES string of the molecule is O=C(O)c1cccc(N2CCCCC2C2CCCC2O)n1. The minimum Gasteiger partial charge on any atom is -0.477 e. The number of nitrogens with zero attached hydrogens (tertiary/aromatic N) is 2. The van der Waals surface area contributed by atoms with Crippen molar-refractivity contribution in [3.8, 4) is 0 Å². The number of aliphatic hydroxyl groups excluding tert-OH is 1. The molecule has 3 unspecified atom stereocenters. The van der Waals surface area contributed by atoms with Crippen molar-refractivity contribution >= 4 is 11.8 Å². The molecule has 0 spiro atoms. The molecule has 2 N–H and O–H groups in total. The van der Waals surface area contributed by atoms with Crippen molar-refractivity contribution in [3.05, 3.63) is 23.9 Å². The summed E-state index contributed by atoms with van der Waals surface area (Å²) in [5.41, 5.74) is 0.0868. The summed E-state index contributed by atoms with van der Waals surface area (Å²) in [5.74, 6) is 0.0330. The van der Waals surface area contributed by atoms with Crippen molar-refractivity contribution in [1.82, 2.24) is 4.98 Å². The normalized spacial score (nSPS) is 29.6. The van der Waals surface area contributed by atoms with Crippen LogP contribution in [0.3, 0.4) is 0 Å². The predicted octanol–water partition coefficient (Wildman–Crippen LogP) is 2.30. The molecule has 1 aliphatic carbocycles. The van der Waals surface area contributed by atoms with Gasteiger partial charge in [0.2, 0.25) is 0 Å². The molecular weight excluding hydrogens is 268 g/mol. The van der Waals surface area contributed by atoms with E-state index in [0.717, 1.165) is 44.5 Å². The first-order valence-electron chi connectivity index (χ1n) is 7.82. The van der Waals surface area contributed by atoms with E-state index in [1.165, 1.54) is 12.5 Å². The summed E-state index contributed by atoms with van der Waals surface area (Å²) < 4.78 is 0. The smallest absolute Gasteiger partial charge is 0.354 e. The van der Waals surface area contributed by atoms with Crippen LogP contribution in [0.25, 0.3) is 0 Å². The van der Waals surface area contributed by atoms with Crippen LogP contribution in [0, 0.1) is 5.92 Å². The van der Waals surface area contributed by atoms with Crippen LogP contribution in [-0.4, -0.2) is 39.9 Å². The lowest BCUT2D eigenvalue weighted by molar-refractivity contribution is 0.0690. The zero-order chi connectivity index (χ0) is 14.8. The highest BCUT2D eigenvalue weighted by molar-refractivity contribution is 5.85. The van der Waals surface area contributed by atoms with Crippen LogP contribution in [0.5, 0.6) is 0 Å². The van der Waals surface area contributed by atoms with Gasteiger partial charge in [-0.15, -0.1) is 0 Å². The maximum absolute atomic E-state index is 11.1. The summed E-state index contributed by atoms with van der Waals surface area (Å²) >= 11 is 0. The average Bonchev–Trinajstić information content (AvgIpc) is 2.93. The van der Waals surface area contributed by atoms with Gasteiger partial charge in [-0.3, -0.25) is 0 Å². The Kier molecular flexibility index (Phi) is 4.10. The molecule has 1 aliphatic heterocycles. The Bertz CT molecular complexity index is 520. The molecular formula is C16H22N2O3. The lowest BCUT2D eigenvalue weighted by Gasteiger charge is -2.41. The second kappa shape index (κ2) is 6.02. The second-order valence-electron chi connectivity index (χ2n) is 6.10. The molecule has 0 radical (unpaired) electrons. The third kappa shape index (κ3) is 2.88. The molecule has 21 heavy (non-hydrogen) atoms. The number of aromatic nitrogens is 1. The zero-order valence-corrected chi connectivity index (χ0v) is 12.1. The van der Waals surface area contributed by atoms with Crippen LogP contribution in [0.4, 0.5) is 5.82 Å². The van der Waals surface area contributed by atoms with Crippen LogP contribution in [0.15, 0.2) is 18.2 Å². The lowest BCUT2D eigenvalue weighted by atomic mass is 9.87. The first-order chi connectivity index (χ1) is 10.2. The molecule has 1 saturated heterocycles. The molecule has 1 aromatic rings. The molecule has 5 heteroatoms. The summed E-state index contributed by atoms with van der Waals surface area (Å²) in [6.45, 7) is 0.893. The number of aromatic carboxylic acids is 1. The van der Waals surface area contributed by atoms with E-state index in [0.29, 0.717) is 5.92 Å². The Morgan fingerprint density at radius 2 is 2.05 bits per heavy atom. The number of anilines is 1. The van der Waals surface area contributed by atoms with Gasteiger partial charge in [-0.05, 0) is 44.2 Å². The molecule has 3 atom stereocenters.